The highest BCUT2D eigenvalue weighted by molar-refractivity contribution is 7.99. The fourth-order valence-corrected chi connectivity index (χ4v) is 4.67. The maximum atomic E-state index is 11.5. The van der Waals surface area contributed by atoms with E-state index < -0.39 is 0 Å². The van der Waals surface area contributed by atoms with Crippen molar-refractivity contribution < 1.29 is 9.53 Å². The molecule has 0 aliphatic heterocycles. The van der Waals surface area contributed by atoms with Gasteiger partial charge in [-0.3, -0.25) is 4.79 Å². The number of rotatable bonds is 4. The lowest BCUT2D eigenvalue weighted by Gasteiger charge is -2.42. The van der Waals surface area contributed by atoms with Crippen LogP contribution in [0.3, 0.4) is 0 Å². The van der Waals surface area contributed by atoms with Gasteiger partial charge in [0.2, 0.25) is 0 Å². The van der Waals surface area contributed by atoms with E-state index in [4.69, 9.17) is 4.74 Å². The highest BCUT2D eigenvalue weighted by atomic mass is 32.2. The molecule has 1 aliphatic rings. The van der Waals surface area contributed by atoms with Crippen LogP contribution in [0.2, 0.25) is 0 Å². The summed E-state index contributed by atoms with van der Waals surface area (Å²) in [5, 5.41) is 0. The van der Waals surface area contributed by atoms with Gasteiger partial charge in [-0.05, 0) is 64.6 Å². The van der Waals surface area contributed by atoms with Crippen molar-refractivity contribution in [3.05, 3.63) is 59.2 Å². The van der Waals surface area contributed by atoms with E-state index in [0.29, 0.717) is 6.42 Å². The zero-order chi connectivity index (χ0) is 18.9. The summed E-state index contributed by atoms with van der Waals surface area (Å²) in [6.45, 7) is 9.41. The fourth-order valence-electron chi connectivity index (χ4n) is 3.73. The Labute approximate surface area is 161 Å². The van der Waals surface area contributed by atoms with Gasteiger partial charge in [0.05, 0.1) is 13.5 Å². The molecule has 0 N–H and O–H groups in total. The van der Waals surface area contributed by atoms with E-state index >= 15 is 0 Å². The Morgan fingerprint density at radius 3 is 2.31 bits per heavy atom. The van der Waals surface area contributed by atoms with E-state index in [2.05, 4.69) is 58.0 Å². The zero-order valence-electron chi connectivity index (χ0n) is 16.4. The lowest BCUT2D eigenvalue weighted by Crippen LogP contribution is -2.33. The third-order valence-electron chi connectivity index (χ3n) is 5.53. The molecule has 138 valence electrons. The van der Waals surface area contributed by atoms with Gasteiger partial charge in [-0.2, -0.15) is 0 Å². The number of benzene rings is 2. The van der Waals surface area contributed by atoms with Gasteiger partial charge in [-0.1, -0.05) is 57.7 Å². The predicted molar refractivity (Wildman–Crippen MR) is 108 cm³/mol. The first-order valence-electron chi connectivity index (χ1n) is 9.20. The van der Waals surface area contributed by atoms with E-state index in [9.17, 15) is 4.79 Å². The minimum absolute atomic E-state index is 0.204. The molecule has 1 aliphatic carbocycles. The van der Waals surface area contributed by atoms with Crippen molar-refractivity contribution in [3.8, 4) is 0 Å². The van der Waals surface area contributed by atoms with Gasteiger partial charge in [0.1, 0.15) is 0 Å². The van der Waals surface area contributed by atoms with Crippen LogP contribution in [0, 0.1) is 0 Å². The number of fused-ring (bicyclic) bond motifs is 1. The number of methoxy groups -OCH3 is 1. The summed E-state index contributed by atoms with van der Waals surface area (Å²) in [4.78, 5) is 13.9. The van der Waals surface area contributed by atoms with Crippen LogP contribution in [0.5, 0.6) is 0 Å². The molecule has 2 nitrogen and oxygen atoms in total. The van der Waals surface area contributed by atoms with Gasteiger partial charge in [-0.15, -0.1) is 0 Å². The van der Waals surface area contributed by atoms with Gasteiger partial charge in [0, 0.05) is 9.79 Å². The summed E-state index contributed by atoms with van der Waals surface area (Å²) >= 11 is 1.76. The van der Waals surface area contributed by atoms with Crippen molar-refractivity contribution in [3.63, 3.8) is 0 Å². The summed E-state index contributed by atoms with van der Waals surface area (Å²) in [5.74, 6) is -0.204. The molecular weight excluding hydrogens is 340 g/mol. The Bertz CT molecular complexity index is 821. The number of carbonyl (C=O) groups excluding carboxylic acids is 1. The van der Waals surface area contributed by atoms with Crippen molar-refractivity contribution in [1.29, 1.82) is 0 Å². The lowest BCUT2D eigenvalue weighted by atomic mass is 9.63. The SMILES string of the molecule is COC(=O)Cc1cccc(Sc2ccc3c(c2)C(C)(C)CCC3(C)C)c1. The summed E-state index contributed by atoms with van der Waals surface area (Å²) in [6, 6.07) is 15.1. The number of carbonyl (C=O) groups is 1. The van der Waals surface area contributed by atoms with Gasteiger partial charge in [-0.25, -0.2) is 0 Å². The Morgan fingerprint density at radius 2 is 1.62 bits per heavy atom. The van der Waals surface area contributed by atoms with E-state index in [1.54, 1.807) is 11.8 Å². The molecule has 0 unspecified atom stereocenters. The van der Waals surface area contributed by atoms with Gasteiger partial charge >= 0.3 is 5.97 Å². The molecule has 3 rings (SSSR count). The topological polar surface area (TPSA) is 26.3 Å². The molecule has 0 amide bonds. The van der Waals surface area contributed by atoms with Crippen molar-refractivity contribution in [1.82, 2.24) is 0 Å². The van der Waals surface area contributed by atoms with E-state index in [0.717, 1.165) is 10.5 Å². The average Bonchev–Trinajstić information content (AvgIpc) is 2.59. The summed E-state index contributed by atoms with van der Waals surface area (Å²) in [7, 11) is 1.43. The minimum Gasteiger partial charge on any atom is -0.469 e. The zero-order valence-corrected chi connectivity index (χ0v) is 17.2. The molecular formula is C23H28O2S. The molecule has 0 heterocycles. The van der Waals surface area contributed by atoms with Crippen LogP contribution in [0.15, 0.2) is 52.3 Å². The molecule has 0 radical (unpaired) electrons. The molecule has 2 aromatic carbocycles. The van der Waals surface area contributed by atoms with Crippen LogP contribution < -0.4 is 0 Å². The van der Waals surface area contributed by atoms with Crippen LogP contribution in [0.25, 0.3) is 0 Å². The Kier molecular flexibility index (Phi) is 5.21. The van der Waals surface area contributed by atoms with Gasteiger partial charge in [0.15, 0.2) is 0 Å². The normalized spacial score (nSPS) is 17.4. The molecule has 3 heteroatoms. The van der Waals surface area contributed by atoms with Crippen LogP contribution >= 0.6 is 11.8 Å². The maximum Gasteiger partial charge on any atom is 0.309 e. The summed E-state index contributed by atoms with van der Waals surface area (Å²) in [5.41, 5.74) is 4.41. The quantitative estimate of drug-likeness (QED) is 0.628. The molecule has 26 heavy (non-hydrogen) atoms. The molecule has 0 bridgehead atoms. The highest BCUT2D eigenvalue weighted by Gasteiger charge is 2.36. The van der Waals surface area contributed by atoms with Crippen molar-refractivity contribution >= 4 is 17.7 Å². The molecule has 0 saturated heterocycles. The summed E-state index contributed by atoms with van der Waals surface area (Å²) < 4.78 is 4.77. The van der Waals surface area contributed by atoms with E-state index in [-0.39, 0.29) is 16.8 Å². The van der Waals surface area contributed by atoms with Crippen molar-refractivity contribution in [2.24, 2.45) is 0 Å². The number of esters is 1. The Hall–Kier alpha value is -1.74. The van der Waals surface area contributed by atoms with E-state index in [1.807, 2.05) is 12.1 Å². The number of hydrogen-bond donors (Lipinski definition) is 0. The second-order valence-corrected chi connectivity index (χ2v) is 9.62. The first-order valence-corrected chi connectivity index (χ1v) is 10.0. The monoisotopic (exact) mass is 368 g/mol. The average molecular weight is 369 g/mol. The van der Waals surface area contributed by atoms with Crippen LogP contribution in [0.4, 0.5) is 0 Å². The van der Waals surface area contributed by atoms with Crippen molar-refractivity contribution in [2.75, 3.05) is 7.11 Å². The number of hydrogen-bond acceptors (Lipinski definition) is 3. The standard InChI is InChI=1S/C23H28O2S/c1-22(2)11-12-23(3,4)20-15-18(9-10-19(20)22)26-17-8-6-7-16(13-17)14-21(24)25-5/h6-10,13,15H,11-12,14H2,1-5H3. The highest BCUT2D eigenvalue weighted by Crippen LogP contribution is 2.47. The van der Waals surface area contributed by atoms with Crippen LogP contribution in [0.1, 0.15) is 57.2 Å². The van der Waals surface area contributed by atoms with Crippen molar-refractivity contribution in [2.45, 2.75) is 67.6 Å². The summed E-state index contributed by atoms with van der Waals surface area (Å²) in [6.07, 6.45) is 2.76. The predicted octanol–water partition coefficient (Wildman–Crippen LogP) is 5.90. The molecule has 2 aromatic rings. The molecule has 0 spiro atoms. The first-order chi connectivity index (χ1) is 12.2. The molecule has 0 atom stereocenters. The maximum absolute atomic E-state index is 11.5. The second kappa shape index (κ2) is 7.11. The Balaban J connectivity index is 1.88. The van der Waals surface area contributed by atoms with Gasteiger partial charge in [0.25, 0.3) is 0 Å². The Morgan fingerprint density at radius 1 is 0.962 bits per heavy atom. The van der Waals surface area contributed by atoms with Gasteiger partial charge < -0.3 is 4.74 Å². The number of ether oxygens (including phenoxy) is 1. The largest absolute Gasteiger partial charge is 0.469 e. The third-order valence-corrected chi connectivity index (χ3v) is 6.51. The molecule has 0 aromatic heterocycles. The van der Waals surface area contributed by atoms with Crippen LogP contribution in [-0.4, -0.2) is 13.1 Å². The van der Waals surface area contributed by atoms with E-state index in [1.165, 1.54) is 36.0 Å². The smallest absolute Gasteiger partial charge is 0.309 e. The van der Waals surface area contributed by atoms with Crippen LogP contribution in [-0.2, 0) is 26.8 Å². The first kappa shape index (κ1) is 19.0. The minimum atomic E-state index is -0.204. The second-order valence-electron chi connectivity index (χ2n) is 8.48. The molecule has 0 saturated carbocycles. The lowest BCUT2D eigenvalue weighted by molar-refractivity contribution is -0.139. The fraction of sp³-hybridized carbons (Fsp3) is 0.435. The third kappa shape index (κ3) is 3.98. The molecule has 0 fully saturated rings.